The van der Waals surface area contributed by atoms with Crippen molar-refractivity contribution in [3.05, 3.63) is 65.8 Å². The Morgan fingerprint density at radius 2 is 2.07 bits per heavy atom. The molecule has 0 aliphatic carbocycles. The summed E-state index contributed by atoms with van der Waals surface area (Å²) in [5.74, 6) is 0.280. The second-order valence-corrected chi connectivity index (χ2v) is 6.58. The van der Waals surface area contributed by atoms with Gasteiger partial charge >= 0.3 is 0 Å². The first-order valence-corrected chi connectivity index (χ1v) is 9.01. The molecule has 3 heterocycles. The number of aromatic nitrogens is 3. The average Bonchev–Trinajstić information content (AvgIpc) is 3.19. The van der Waals surface area contributed by atoms with Gasteiger partial charge in [0.1, 0.15) is 6.04 Å². The smallest absolute Gasteiger partial charge is 0.256 e. The van der Waals surface area contributed by atoms with Crippen LogP contribution in [-0.4, -0.2) is 51.0 Å². The number of carbonyl (C=O) groups is 2. The molecule has 1 fully saturated rings. The quantitative estimate of drug-likeness (QED) is 0.741. The van der Waals surface area contributed by atoms with Crippen molar-refractivity contribution in [3.63, 3.8) is 0 Å². The van der Waals surface area contributed by atoms with E-state index in [0.717, 1.165) is 11.3 Å². The first kappa shape index (κ1) is 17.8. The third kappa shape index (κ3) is 3.62. The Labute approximate surface area is 161 Å². The predicted octanol–water partition coefficient (Wildman–Crippen LogP) is 1.62. The molecule has 1 aliphatic heterocycles. The summed E-state index contributed by atoms with van der Waals surface area (Å²) in [6.07, 6.45) is 1.68. The van der Waals surface area contributed by atoms with Crippen LogP contribution in [0.5, 0.6) is 0 Å². The van der Waals surface area contributed by atoms with Gasteiger partial charge in [-0.25, -0.2) is 0 Å². The van der Waals surface area contributed by atoms with Crippen LogP contribution in [0.2, 0.25) is 0 Å². The Morgan fingerprint density at radius 3 is 2.82 bits per heavy atom. The molecule has 2 amide bonds. The molecule has 1 unspecified atom stereocenters. The van der Waals surface area contributed by atoms with E-state index < -0.39 is 6.04 Å². The molecule has 0 spiro atoms. The highest BCUT2D eigenvalue weighted by molar-refractivity contribution is 5.98. The molecule has 3 aromatic rings. The zero-order chi connectivity index (χ0) is 19.5. The first-order valence-electron chi connectivity index (χ1n) is 9.01. The van der Waals surface area contributed by atoms with Crippen LogP contribution in [0.4, 0.5) is 0 Å². The van der Waals surface area contributed by atoms with Crippen LogP contribution in [0.25, 0.3) is 11.4 Å². The van der Waals surface area contributed by atoms with Crippen molar-refractivity contribution in [1.29, 1.82) is 0 Å². The van der Waals surface area contributed by atoms with E-state index in [1.54, 1.807) is 12.1 Å². The molecule has 0 radical (unpaired) electrons. The summed E-state index contributed by atoms with van der Waals surface area (Å²) in [5, 5.41) is 6.78. The summed E-state index contributed by atoms with van der Waals surface area (Å²) in [7, 11) is 0. The van der Waals surface area contributed by atoms with Gasteiger partial charge in [-0.15, -0.1) is 0 Å². The summed E-state index contributed by atoms with van der Waals surface area (Å²) < 4.78 is 5.33. The molecule has 8 heteroatoms. The minimum absolute atomic E-state index is 0.150. The molecule has 4 rings (SSSR count). The van der Waals surface area contributed by atoms with E-state index in [2.05, 4.69) is 20.4 Å². The van der Waals surface area contributed by atoms with Gasteiger partial charge in [0, 0.05) is 30.5 Å². The SMILES string of the molecule is Cc1ccc(C(=O)N2CCNC(=O)C2Cc2nc(-c3ccccc3)no2)cn1. The van der Waals surface area contributed by atoms with Crippen LogP contribution in [0.1, 0.15) is 21.9 Å². The molecule has 1 N–H and O–H groups in total. The number of piperazine rings is 1. The van der Waals surface area contributed by atoms with Crippen LogP contribution in [-0.2, 0) is 11.2 Å². The summed E-state index contributed by atoms with van der Waals surface area (Å²) in [4.78, 5) is 35.5. The lowest BCUT2D eigenvalue weighted by atomic mass is 10.1. The van der Waals surface area contributed by atoms with Crippen molar-refractivity contribution >= 4 is 11.8 Å². The van der Waals surface area contributed by atoms with Crippen molar-refractivity contribution < 1.29 is 14.1 Å². The molecular weight excluding hydrogens is 358 g/mol. The van der Waals surface area contributed by atoms with Gasteiger partial charge in [0.2, 0.25) is 17.6 Å². The molecule has 1 aliphatic rings. The number of carbonyl (C=O) groups excluding carboxylic acids is 2. The lowest BCUT2D eigenvalue weighted by molar-refractivity contribution is -0.127. The monoisotopic (exact) mass is 377 g/mol. The number of rotatable bonds is 4. The summed E-state index contributed by atoms with van der Waals surface area (Å²) in [6, 6.07) is 12.2. The minimum atomic E-state index is -0.716. The van der Waals surface area contributed by atoms with Crippen LogP contribution in [0.3, 0.4) is 0 Å². The van der Waals surface area contributed by atoms with E-state index in [0.29, 0.717) is 30.4 Å². The fourth-order valence-electron chi connectivity index (χ4n) is 3.13. The van der Waals surface area contributed by atoms with E-state index in [1.807, 2.05) is 37.3 Å². The lowest BCUT2D eigenvalue weighted by Crippen LogP contribution is -2.58. The van der Waals surface area contributed by atoms with Gasteiger partial charge in [-0.2, -0.15) is 4.98 Å². The number of hydrogen-bond donors (Lipinski definition) is 1. The zero-order valence-corrected chi connectivity index (χ0v) is 15.3. The van der Waals surface area contributed by atoms with Crippen LogP contribution < -0.4 is 5.32 Å². The average molecular weight is 377 g/mol. The molecular formula is C20H19N5O3. The topological polar surface area (TPSA) is 101 Å². The normalized spacial score (nSPS) is 16.7. The lowest BCUT2D eigenvalue weighted by Gasteiger charge is -2.34. The minimum Gasteiger partial charge on any atom is -0.353 e. The maximum Gasteiger partial charge on any atom is 0.256 e. The van der Waals surface area contributed by atoms with Crippen LogP contribution in [0.15, 0.2) is 53.2 Å². The van der Waals surface area contributed by atoms with E-state index in [1.165, 1.54) is 11.1 Å². The van der Waals surface area contributed by atoms with E-state index in [-0.39, 0.29) is 18.2 Å². The molecule has 1 saturated heterocycles. The number of pyridine rings is 1. The highest BCUT2D eigenvalue weighted by Crippen LogP contribution is 2.18. The molecule has 0 bridgehead atoms. The fourth-order valence-corrected chi connectivity index (χ4v) is 3.13. The van der Waals surface area contributed by atoms with Crippen molar-refractivity contribution in [2.24, 2.45) is 0 Å². The van der Waals surface area contributed by atoms with Crippen molar-refractivity contribution in [1.82, 2.24) is 25.3 Å². The molecule has 142 valence electrons. The van der Waals surface area contributed by atoms with Gasteiger partial charge in [0.05, 0.1) is 12.0 Å². The summed E-state index contributed by atoms with van der Waals surface area (Å²) >= 11 is 0. The third-order valence-electron chi connectivity index (χ3n) is 4.62. The second-order valence-electron chi connectivity index (χ2n) is 6.58. The van der Waals surface area contributed by atoms with Crippen molar-refractivity contribution in [2.45, 2.75) is 19.4 Å². The number of hydrogen-bond acceptors (Lipinski definition) is 6. The first-order chi connectivity index (χ1) is 13.6. The molecule has 1 aromatic carbocycles. The van der Waals surface area contributed by atoms with Gasteiger partial charge < -0.3 is 14.7 Å². The van der Waals surface area contributed by atoms with E-state index in [9.17, 15) is 9.59 Å². The van der Waals surface area contributed by atoms with Crippen molar-refractivity contribution in [2.75, 3.05) is 13.1 Å². The Balaban J connectivity index is 1.55. The Hall–Kier alpha value is -3.55. The second kappa shape index (κ2) is 7.59. The summed E-state index contributed by atoms with van der Waals surface area (Å²) in [5.41, 5.74) is 2.09. The van der Waals surface area contributed by atoms with Gasteiger partial charge in [-0.1, -0.05) is 35.5 Å². The standard InChI is InChI=1S/C20H19N5O3/c1-13-7-8-15(12-22-13)20(27)25-10-9-21-19(26)16(25)11-17-23-18(24-28-17)14-5-3-2-4-6-14/h2-8,12,16H,9-11H2,1H3,(H,21,26). The molecule has 2 aromatic heterocycles. The van der Waals surface area contributed by atoms with Gasteiger partial charge in [0.15, 0.2) is 0 Å². The number of amides is 2. The highest BCUT2D eigenvalue weighted by atomic mass is 16.5. The number of aryl methyl sites for hydroxylation is 1. The number of benzene rings is 1. The maximum absolute atomic E-state index is 12.9. The van der Waals surface area contributed by atoms with Gasteiger partial charge in [-0.05, 0) is 19.1 Å². The van der Waals surface area contributed by atoms with Crippen LogP contribution >= 0.6 is 0 Å². The zero-order valence-electron chi connectivity index (χ0n) is 15.3. The van der Waals surface area contributed by atoms with E-state index in [4.69, 9.17) is 4.52 Å². The molecule has 0 saturated carbocycles. The van der Waals surface area contributed by atoms with Gasteiger partial charge in [0.25, 0.3) is 5.91 Å². The van der Waals surface area contributed by atoms with Gasteiger partial charge in [-0.3, -0.25) is 14.6 Å². The Morgan fingerprint density at radius 1 is 1.25 bits per heavy atom. The largest absolute Gasteiger partial charge is 0.353 e. The van der Waals surface area contributed by atoms with Crippen molar-refractivity contribution in [3.8, 4) is 11.4 Å². The Kier molecular flexibility index (Phi) is 4.84. The molecule has 8 nitrogen and oxygen atoms in total. The maximum atomic E-state index is 12.9. The predicted molar refractivity (Wildman–Crippen MR) is 100 cm³/mol. The highest BCUT2D eigenvalue weighted by Gasteiger charge is 2.35. The van der Waals surface area contributed by atoms with E-state index >= 15 is 0 Å². The number of nitrogens with one attached hydrogen (secondary N) is 1. The fraction of sp³-hybridized carbons (Fsp3) is 0.250. The molecule has 1 atom stereocenters. The number of nitrogens with zero attached hydrogens (tertiary/aromatic N) is 4. The van der Waals surface area contributed by atoms with Crippen LogP contribution in [0, 0.1) is 6.92 Å². The third-order valence-corrected chi connectivity index (χ3v) is 4.62. The Bertz CT molecular complexity index is 985. The summed E-state index contributed by atoms with van der Waals surface area (Å²) in [6.45, 7) is 2.66. The molecule has 28 heavy (non-hydrogen) atoms.